The van der Waals surface area contributed by atoms with Crippen molar-refractivity contribution < 1.29 is 22.3 Å². The number of hydrogen-bond donors (Lipinski definition) is 0. The zero-order chi connectivity index (χ0) is 23.4. The molecule has 0 radical (unpaired) electrons. The van der Waals surface area contributed by atoms with E-state index < -0.39 is 17.5 Å². The number of pyridine rings is 1. The highest BCUT2D eigenvalue weighted by atomic mass is 19.2. The van der Waals surface area contributed by atoms with Gasteiger partial charge in [-0.15, -0.1) is 0 Å². The standard InChI is InChI=1S/C27H23F4NO/c1-2-3-12-33-21-9-11-25(32-16-21)20-8-10-22-19(15-20)7-6-18(26(22)30)5-4-17-13-23(28)27(31)24(29)14-17/h6-11,13-16H,2-5,12H2,1H3. The van der Waals surface area contributed by atoms with Crippen molar-refractivity contribution in [1.82, 2.24) is 4.98 Å². The van der Waals surface area contributed by atoms with Crippen molar-refractivity contribution in [3.63, 3.8) is 0 Å². The average Bonchev–Trinajstić information content (AvgIpc) is 2.82. The third-order valence-electron chi connectivity index (χ3n) is 5.56. The number of aryl methyl sites for hydroxylation is 2. The summed E-state index contributed by atoms with van der Waals surface area (Å²) in [5.74, 6) is -3.66. The first-order valence-electron chi connectivity index (χ1n) is 10.9. The molecule has 1 heterocycles. The molecule has 0 fully saturated rings. The van der Waals surface area contributed by atoms with E-state index in [9.17, 15) is 13.2 Å². The van der Waals surface area contributed by atoms with Crippen LogP contribution in [0.1, 0.15) is 30.9 Å². The summed E-state index contributed by atoms with van der Waals surface area (Å²) in [5.41, 5.74) is 2.30. The molecule has 0 spiro atoms. The van der Waals surface area contributed by atoms with Gasteiger partial charge in [-0.2, -0.15) is 0 Å². The normalized spacial score (nSPS) is 11.2. The molecule has 170 valence electrons. The first-order chi connectivity index (χ1) is 16.0. The van der Waals surface area contributed by atoms with E-state index >= 15 is 4.39 Å². The fourth-order valence-corrected chi connectivity index (χ4v) is 3.69. The summed E-state index contributed by atoms with van der Waals surface area (Å²) in [6.45, 7) is 2.75. The SMILES string of the molecule is CCCCOc1ccc(-c2ccc3c(F)c(CCc4cc(F)c(F)c(F)c4)ccc3c2)nc1. The van der Waals surface area contributed by atoms with Crippen LogP contribution < -0.4 is 4.74 Å². The quantitative estimate of drug-likeness (QED) is 0.157. The predicted octanol–water partition coefficient (Wildman–Crippen LogP) is 7.42. The highest BCUT2D eigenvalue weighted by Crippen LogP contribution is 2.28. The molecule has 0 N–H and O–H groups in total. The van der Waals surface area contributed by atoms with Gasteiger partial charge in [0.25, 0.3) is 0 Å². The van der Waals surface area contributed by atoms with Crippen LogP contribution in [0.25, 0.3) is 22.0 Å². The third-order valence-corrected chi connectivity index (χ3v) is 5.56. The van der Waals surface area contributed by atoms with Gasteiger partial charge in [-0.3, -0.25) is 4.98 Å². The monoisotopic (exact) mass is 453 g/mol. The molecule has 33 heavy (non-hydrogen) atoms. The first kappa shape index (κ1) is 22.8. The molecular formula is C27H23F4NO. The molecule has 0 amide bonds. The Labute approximate surface area is 189 Å². The van der Waals surface area contributed by atoms with E-state index in [4.69, 9.17) is 4.74 Å². The average molecular weight is 453 g/mol. The lowest BCUT2D eigenvalue weighted by atomic mass is 9.98. The Balaban J connectivity index is 1.51. The summed E-state index contributed by atoms with van der Waals surface area (Å²) < 4.78 is 60.7. The molecule has 0 saturated heterocycles. The van der Waals surface area contributed by atoms with E-state index in [1.807, 2.05) is 24.3 Å². The van der Waals surface area contributed by atoms with Crippen molar-refractivity contribution >= 4 is 10.8 Å². The summed E-state index contributed by atoms with van der Waals surface area (Å²) in [5, 5.41) is 1.17. The van der Waals surface area contributed by atoms with Crippen molar-refractivity contribution in [2.24, 2.45) is 0 Å². The summed E-state index contributed by atoms with van der Waals surface area (Å²) >= 11 is 0. The lowest BCUT2D eigenvalue weighted by Crippen LogP contribution is -1.99. The maximum Gasteiger partial charge on any atom is 0.194 e. The second-order valence-corrected chi connectivity index (χ2v) is 7.93. The molecule has 0 aliphatic rings. The fourth-order valence-electron chi connectivity index (χ4n) is 3.69. The Morgan fingerprint density at radius 3 is 2.30 bits per heavy atom. The Morgan fingerprint density at radius 1 is 0.818 bits per heavy atom. The zero-order valence-corrected chi connectivity index (χ0v) is 18.2. The minimum Gasteiger partial charge on any atom is -0.492 e. The molecule has 4 aromatic rings. The van der Waals surface area contributed by atoms with Gasteiger partial charge in [0.1, 0.15) is 11.6 Å². The maximum absolute atomic E-state index is 15.1. The number of hydrogen-bond acceptors (Lipinski definition) is 2. The first-order valence-corrected chi connectivity index (χ1v) is 10.9. The fraction of sp³-hybridized carbons (Fsp3) is 0.222. The summed E-state index contributed by atoms with van der Waals surface area (Å²) in [6.07, 6.45) is 4.14. The summed E-state index contributed by atoms with van der Waals surface area (Å²) in [7, 11) is 0. The molecule has 1 aromatic heterocycles. The van der Waals surface area contributed by atoms with Crippen LogP contribution in [-0.4, -0.2) is 11.6 Å². The molecule has 4 rings (SSSR count). The Morgan fingerprint density at radius 2 is 1.61 bits per heavy atom. The van der Waals surface area contributed by atoms with Gasteiger partial charge in [0.2, 0.25) is 0 Å². The number of unbranched alkanes of at least 4 members (excludes halogenated alkanes) is 1. The van der Waals surface area contributed by atoms with Crippen molar-refractivity contribution in [3.8, 4) is 17.0 Å². The summed E-state index contributed by atoms with van der Waals surface area (Å²) in [6, 6.07) is 14.5. The maximum atomic E-state index is 15.1. The van der Waals surface area contributed by atoms with E-state index in [0.29, 0.717) is 23.3 Å². The van der Waals surface area contributed by atoms with Gasteiger partial charge in [-0.1, -0.05) is 37.6 Å². The topological polar surface area (TPSA) is 22.1 Å². The van der Waals surface area contributed by atoms with Gasteiger partial charge >= 0.3 is 0 Å². The van der Waals surface area contributed by atoms with E-state index in [1.165, 1.54) is 0 Å². The Kier molecular flexibility index (Phi) is 6.92. The molecular weight excluding hydrogens is 430 g/mol. The minimum absolute atomic E-state index is 0.186. The number of fused-ring (bicyclic) bond motifs is 1. The van der Waals surface area contributed by atoms with Crippen LogP contribution in [0.3, 0.4) is 0 Å². The van der Waals surface area contributed by atoms with E-state index in [0.717, 1.165) is 41.6 Å². The number of halogens is 4. The Hall–Kier alpha value is -3.41. The van der Waals surface area contributed by atoms with Crippen LogP contribution in [0.2, 0.25) is 0 Å². The van der Waals surface area contributed by atoms with Gasteiger partial charge < -0.3 is 4.74 Å². The van der Waals surface area contributed by atoms with Gasteiger partial charge in [-0.05, 0) is 66.1 Å². The molecule has 0 atom stereocenters. The lowest BCUT2D eigenvalue weighted by molar-refractivity contribution is 0.308. The van der Waals surface area contributed by atoms with E-state index in [1.54, 1.807) is 24.4 Å². The molecule has 0 aliphatic carbocycles. The third kappa shape index (κ3) is 5.16. The van der Waals surface area contributed by atoms with Crippen molar-refractivity contribution in [2.75, 3.05) is 6.61 Å². The Bertz CT molecular complexity index is 1250. The smallest absolute Gasteiger partial charge is 0.194 e. The number of benzene rings is 3. The van der Waals surface area contributed by atoms with Crippen LogP contribution >= 0.6 is 0 Å². The number of nitrogens with zero attached hydrogens (tertiary/aromatic N) is 1. The van der Waals surface area contributed by atoms with Crippen molar-refractivity contribution in [3.05, 3.63) is 95.2 Å². The van der Waals surface area contributed by atoms with Gasteiger partial charge in [0.15, 0.2) is 17.5 Å². The van der Waals surface area contributed by atoms with Gasteiger partial charge in [0, 0.05) is 10.9 Å². The second-order valence-electron chi connectivity index (χ2n) is 7.93. The lowest BCUT2D eigenvalue weighted by Gasteiger charge is -2.10. The largest absolute Gasteiger partial charge is 0.492 e. The van der Waals surface area contributed by atoms with Gasteiger partial charge in [0.05, 0.1) is 18.5 Å². The molecule has 2 nitrogen and oxygen atoms in total. The minimum atomic E-state index is -1.50. The molecule has 0 aliphatic heterocycles. The van der Waals surface area contributed by atoms with Crippen LogP contribution in [0.4, 0.5) is 17.6 Å². The molecule has 3 aromatic carbocycles. The number of ether oxygens (including phenoxy) is 1. The highest BCUT2D eigenvalue weighted by molar-refractivity contribution is 5.88. The summed E-state index contributed by atoms with van der Waals surface area (Å²) in [4.78, 5) is 4.45. The predicted molar refractivity (Wildman–Crippen MR) is 121 cm³/mol. The van der Waals surface area contributed by atoms with Gasteiger partial charge in [-0.25, -0.2) is 17.6 Å². The van der Waals surface area contributed by atoms with Crippen LogP contribution in [-0.2, 0) is 12.8 Å². The number of aromatic nitrogens is 1. The van der Waals surface area contributed by atoms with Crippen LogP contribution in [0.15, 0.2) is 60.8 Å². The van der Waals surface area contributed by atoms with Crippen molar-refractivity contribution in [1.29, 1.82) is 0 Å². The highest BCUT2D eigenvalue weighted by Gasteiger charge is 2.13. The zero-order valence-electron chi connectivity index (χ0n) is 18.2. The van der Waals surface area contributed by atoms with E-state index in [-0.39, 0.29) is 24.2 Å². The molecule has 0 saturated carbocycles. The van der Waals surface area contributed by atoms with Crippen molar-refractivity contribution in [2.45, 2.75) is 32.6 Å². The number of rotatable bonds is 8. The molecule has 0 bridgehead atoms. The molecule has 0 unspecified atom stereocenters. The van der Waals surface area contributed by atoms with Crippen LogP contribution in [0.5, 0.6) is 5.75 Å². The van der Waals surface area contributed by atoms with Crippen LogP contribution in [0, 0.1) is 23.3 Å². The second kappa shape index (κ2) is 10.0. The molecule has 6 heteroatoms. The van der Waals surface area contributed by atoms with E-state index in [2.05, 4.69) is 11.9 Å².